The average Bonchev–Trinajstić information content (AvgIpc) is 1.99. The van der Waals surface area contributed by atoms with E-state index in [1.807, 2.05) is 0 Å². The van der Waals surface area contributed by atoms with Crippen LogP contribution in [0.2, 0.25) is 0 Å². The fourth-order valence-electron chi connectivity index (χ4n) is 13.5. The van der Waals surface area contributed by atoms with Gasteiger partial charge in [0.2, 0.25) is 5.95 Å². The molecule has 0 atom stereocenters. The largest absolute Gasteiger partial charge is 0.334 e. The third-order valence-corrected chi connectivity index (χ3v) is 17.4. The number of fused-ring (bicyclic) bond motifs is 10. The lowest BCUT2D eigenvalue weighted by Crippen LogP contribution is -2.15. The van der Waals surface area contributed by atoms with Gasteiger partial charge in [-0.1, -0.05) is 176 Å². The Morgan fingerprint density at radius 3 is 1.18 bits per heavy atom. The van der Waals surface area contributed by atoms with Crippen LogP contribution in [0.4, 0.5) is 51.4 Å². The summed E-state index contributed by atoms with van der Waals surface area (Å²) in [5.74, 6) is 0.571. The molecule has 0 saturated carbocycles. The molecule has 0 aliphatic carbocycles. The van der Waals surface area contributed by atoms with Crippen LogP contribution in [0.1, 0.15) is 5.69 Å². The summed E-state index contributed by atoms with van der Waals surface area (Å²) in [6.07, 6.45) is 0. The summed E-state index contributed by atoms with van der Waals surface area (Å²) in [7, 11) is 0. The maximum absolute atomic E-state index is 5.90. The highest BCUT2D eigenvalue weighted by Crippen LogP contribution is 2.44. The van der Waals surface area contributed by atoms with Gasteiger partial charge in [0.05, 0.1) is 45.3 Å². The minimum absolute atomic E-state index is 0.437. The van der Waals surface area contributed by atoms with E-state index in [0.717, 1.165) is 112 Å². The Bertz CT molecular complexity index is 5390. The predicted octanol–water partition coefficient (Wildman–Crippen LogP) is 21.4. The monoisotopic (exact) mass is 1140 g/mol. The minimum Gasteiger partial charge on any atom is -0.334 e. The van der Waals surface area contributed by atoms with Crippen LogP contribution in [0.15, 0.2) is 328 Å². The van der Waals surface area contributed by atoms with Crippen molar-refractivity contribution in [3.8, 4) is 11.4 Å². The minimum atomic E-state index is 0.437. The number of aromatic nitrogens is 5. The molecule has 420 valence electrons. The van der Waals surface area contributed by atoms with Gasteiger partial charge in [-0.05, 0) is 152 Å². The molecule has 0 amide bonds. The molecule has 0 aliphatic heterocycles. The number of para-hydroxylation sites is 9. The van der Waals surface area contributed by atoms with Gasteiger partial charge in [0, 0.05) is 100 Å². The molecule has 0 fully saturated rings. The highest BCUT2D eigenvalue weighted by Gasteiger charge is 2.25. The van der Waals surface area contributed by atoms with Crippen LogP contribution in [0.25, 0.3) is 87.7 Å². The molecule has 0 unspecified atom stereocenters. The predicted molar refractivity (Wildman–Crippen MR) is 371 cm³/mol. The van der Waals surface area contributed by atoms with Crippen molar-refractivity contribution in [2.75, 3.05) is 14.7 Å². The van der Waals surface area contributed by atoms with Gasteiger partial charge in [-0.25, -0.2) is 9.97 Å². The Morgan fingerprint density at radius 1 is 0.236 bits per heavy atom. The number of hydrogen-bond donors (Lipinski definition) is 0. The lowest BCUT2D eigenvalue weighted by molar-refractivity contribution is 0.837. The van der Waals surface area contributed by atoms with Gasteiger partial charge in [-0.3, -0.25) is 4.90 Å². The van der Waals surface area contributed by atoms with Crippen molar-refractivity contribution in [1.29, 1.82) is 0 Å². The Morgan fingerprint density at radius 2 is 0.629 bits per heavy atom. The van der Waals surface area contributed by atoms with Crippen LogP contribution < -0.4 is 14.7 Å². The van der Waals surface area contributed by atoms with Crippen molar-refractivity contribution in [2.45, 2.75) is 6.54 Å². The quantitative estimate of drug-likeness (QED) is 0.115. The van der Waals surface area contributed by atoms with Gasteiger partial charge in [0.15, 0.2) is 0 Å². The molecule has 89 heavy (non-hydrogen) atoms. The first-order valence-corrected chi connectivity index (χ1v) is 30.3. The fourth-order valence-corrected chi connectivity index (χ4v) is 13.5. The van der Waals surface area contributed by atoms with Crippen molar-refractivity contribution in [3.05, 3.63) is 333 Å². The second-order valence-electron chi connectivity index (χ2n) is 22.6. The first kappa shape index (κ1) is 51.4. The number of anilines is 9. The number of rotatable bonds is 13. The number of nitrogens with zero attached hydrogens (tertiary/aromatic N) is 8. The van der Waals surface area contributed by atoms with Crippen molar-refractivity contribution < 1.29 is 0 Å². The van der Waals surface area contributed by atoms with Crippen LogP contribution in [0.5, 0.6) is 0 Å². The molecular weight excluding hydrogens is 1080 g/mol. The Hall–Kier alpha value is -12.0. The van der Waals surface area contributed by atoms with E-state index in [9.17, 15) is 0 Å². The first-order chi connectivity index (χ1) is 44.2. The lowest BCUT2D eigenvalue weighted by Gasteiger charge is -2.26. The van der Waals surface area contributed by atoms with E-state index in [1.165, 1.54) is 26.9 Å². The second-order valence-corrected chi connectivity index (χ2v) is 22.6. The van der Waals surface area contributed by atoms with E-state index >= 15 is 0 Å². The summed E-state index contributed by atoms with van der Waals surface area (Å²) in [6.45, 7) is 0.437. The van der Waals surface area contributed by atoms with E-state index in [0.29, 0.717) is 12.5 Å². The molecule has 0 radical (unpaired) electrons. The Labute approximate surface area is 514 Å². The summed E-state index contributed by atoms with van der Waals surface area (Å²) in [5.41, 5.74) is 18.8. The van der Waals surface area contributed by atoms with E-state index in [2.05, 4.69) is 356 Å². The van der Waals surface area contributed by atoms with Gasteiger partial charge in [0.1, 0.15) is 0 Å². The SMILES string of the molecule is c1ccc(N(c2ccccc2)c2ccc3c4ccccc4n(Cc4nc(N(c5ccccc5)c5ccc6c(c5)c5ccccc5n6-c5ccccc5)nc5ccc(-n6c7ccccc7c7ccc(N(c8ccccc8)c8ccccc8)cc76)cc45)c3c2)cc1. The molecule has 0 aliphatic rings. The maximum atomic E-state index is 5.90. The van der Waals surface area contributed by atoms with Gasteiger partial charge in [-0.2, -0.15) is 0 Å². The molecule has 4 aromatic heterocycles. The lowest BCUT2D eigenvalue weighted by atomic mass is 10.1. The summed E-state index contributed by atoms with van der Waals surface area (Å²) in [6, 6.07) is 117. The van der Waals surface area contributed by atoms with E-state index in [1.54, 1.807) is 0 Å². The highest BCUT2D eigenvalue weighted by atomic mass is 15.3. The normalized spacial score (nSPS) is 11.6. The molecule has 0 bridgehead atoms. The second kappa shape index (κ2) is 21.5. The molecule has 8 heteroatoms. The van der Waals surface area contributed by atoms with E-state index < -0.39 is 0 Å². The topological polar surface area (TPSA) is 50.3 Å². The van der Waals surface area contributed by atoms with Crippen LogP contribution in [0.3, 0.4) is 0 Å². The van der Waals surface area contributed by atoms with E-state index in [-0.39, 0.29) is 0 Å². The van der Waals surface area contributed by atoms with Gasteiger partial charge >= 0.3 is 0 Å². The van der Waals surface area contributed by atoms with Crippen LogP contribution in [-0.4, -0.2) is 23.7 Å². The zero-order valence-corrected chi connectivity index (χ0v) is 48.5. The third-order valence-electron chi connectivity index (χ3n) is 17.4. The number of benzene rings is 13. The van der Waals surface area contributed by atoms with Gasteiger partial charge in [-0.15, -0.1) is 0 Å². The third kappa shape index (κ3) is 8.84. The van der Waals surface area contributed by atoms with Crippen molar-refractivity contribution in [3.63, 3.8) is 0 Å². The van der Waals surface area contributed by atoms with Crippen molar-refractivity contribution in [2.24, 2.45) is 0 Å². The zero-order chi connectivity index (χ0) is 58.8. The highest BCUT2D eigenvalue weighted by molar-refractivity contribution is 6.13. The first-order valence-electron chi connectivity index (χ1n) is 30.3. The van der Waals surface area contributed by atoms with Gasteiger partial charge < -0.3 is 23.5 Å². The van der Waals surface area contributed by atoms with Crippen molar-refractivity contribution in [1.82, 2.24) is 23.7 Å². The molecule has 17 rings (SSSR count). The zero-order valence-electron chi connectivity index (χ0n) is 48.5. The fraction of sp³-hybridized carbons (Fsp3) is 0.0123. The molecule has 0 N–H and O–H groups in total. The Balaban J connectivity index is 0.904. The molecule has 17 aromatic rings. The average molecular weight is 1140 g/mol. The molecule has 4 heterocycles. The maximum Gasteiger partial charge on any atom is 0.235 e. The summed E-state index contributed by atoms with van der Waals surface area (Å²) < 4.78 is 7.25. The Kier molecular flexibility index (Phi) is 12.4. The van der Waals surface area contributed by atoms with E-state index in [4.69, 9.17) is 9.97 Å². The molecular formula is C81H56N8. The van der Waals surface area contributed by atoms with Crippen LogP contribution >= 0.6 is 0 Å². The molecule has 13 aromatic carbocycles. The smallest absolute Gasteiger partial charge is 0.235 e. The summed E-state index contributed by atoms with van der Waals surface area (Å²) in [4.78, 5) is 18.5. The van der Waals surface area contributed by atoms with Crippen LogP contribution in [0, 0.1) is 0 Å². The summed E-state index contributed by atoms with van der Waals surface area (Å²) in [5, 5.41) is 7.95. The van der Waals surface area contributed by atoms with Crippen LogP contribution in [-0.2, 0) is 6.54 Å². The van der Waals surface area contributed by atoms with Gasteiger partial charge in [0.25, 0.3) is 0 Å². The standard InChI is InChI=1S/C81H56N8/c1-7-25-56(26-8-1)85(57-27-9-2-10-28-57)64-43-47-69-66-37-19-22-40-75(66)84(79(69)53-64)55-74-72-52-63(89-76-41-23-20-38-67(76)70-48-44-65(54-80(70)89)86(58-29-11-3-12-30-58)59-31-13-4-14-32-59)45-49-73(72)82-81(83-74)87(60-33-15-5-16-34-60)62-46-50-78-71(51-62)68-39-21-24-42-77(68)88(78)61-35-17-6-18-36-61/h1-54H,55H2. The molecule has 8 nitrogen and oxygen atoms in total. The summed E-state index contributed by atoms with van der Waals surface area (Å²) >= 11 is 0. The molecule has 0 saturated heterocycles. The number of hydrogen-bond acceptors (Lipinski definition) is 5. The van der Waals surface area contributed by atoms with Crippen molar-refractivity contribution >= 4 is 128 Å². The molecule has 0 spiro atoms.